The smallest absolute Gasteiger partial charge is 0.393 e. The Morgan fingerprint density at radius 1 is 1.08 bits per heavy atom. The molecule has 3 rings (SSSR count). The van der Waals surface area contributed by atoms with Gasteiger partial charge in [-0.25, -0.2) is 0 Å². The Morgan fingerprint density at radius 3 is 2.28 bits per heavy atom. The maximum Gasteiger partial charge on any atom is 0.393 e. The summed E-state index contributed by atoms with van der Waals surface area (Å²) in [6.07, 6.45) is -5.48. The van der Waals surface area contributed by atoms with E-state index in [-0.39, 0.29) is 17.2 Å². The summed E-state index contributed by atoms with van der Waals surface area (Å²) in [6, 6.07) is 13.3. The fourth-order valence-electron chi connectivity index (χ4n) is 3.07. The lowest BCUT2D eigenvalue weighted by Crippen LogP contribution is -2.13. The number of benzene rings is 2. The largest absolute Gasteiger partial charge is 0.497 e. The van der Waals surface area contributed by atoms with Gasteiger partial charge in [0.1, 0.15) is 5.75 Å². The van der Waals surface area contributed by atoms with Gasteiger partial charge in [-0.2, -0.15) is 13.2 Å². The molecule has 0 aliphatic heterocycles. The van der Waals surface area contributed by atoms with E-state index >= 15 is 0 Å². The Morgan fingerprint density at radius 2 is 1.72 bits per heavy atom. The monoisotopic (exact) mass is 347 g/mol. The van der Waals surface area contributed by atoms with Crippen LogP contribution in [0.5, 0.6) is 5.75 Å². The minimum absolute atomic E-state index is 0.100. The molecule has 0 aliphatic rings. The Labute approximate surface area is 142 Å². The lowest BCUT2D eigenvalue weighted by molar-refractivity contribution is -0.126. The molecular weight excluding hydrogens is 331 g/mol. The zero-order valence-electron chi connectivity index (χ0n) is 13.7. The van der Waals surface area contributed by atoms with Crippen LogP contribution in [0.4, 0.5) is 13.2 Å². The number of halogens is 3. The first-order valence-electron chi connectivity index (χ1n) is 7.66. The molecule has 130 valence electrons. The van der Waals surface area contributed by atoms with Gasteiger partial charge in [0, 0.05) is 12.3 Å². The number of methoxy groups -OCH3 is 1. The molecule has 0 spiro atoms. The number of carbonyl (C=O) groups excluding carboxylic acids is 1. The molecule has 0 saturated heterocycles. The molecule has 0 N–H and O–H groups in total. The third-order valence-electron chi connectivity index (χ3n) is 4.04. The molecule has 3 aromatic rings. The summed E-state index contributed by atoms with van der Waals surface area (Å²) in [7, 11) is 1.51. The molecule has 0 saturated carbocycles. The third-order valence-corrected chi connectivity index (χ3v) is 4.04. The average Bonchev–Trinajstić information content (AvgIpc) is 2.88. The summed E-state index contributed by atoms with van der Waals surface area (Å²) in [5, 5.41) is 0.431. The maximum atomic E-state index is 13.2. The number of ether oxygens (including phenoxy) is 1. The van der Waals surface area contributed by atoms with Gasteiger partial charge < -0.3 is 4.74 Å². The maximum absolute atomic E-state index is 13.2. The summed E-state index contributed by atoms with van der Waals surface area (Å²) in [6.45, 7) is 1.34. The zero-order chi connectivity index (χ0) is 18.2. The number of fused-ring (bicyclic) bond motifs is 1. The topological polar surface area (TPSA) is 31.2 Å². The van der Waals surface area contributed by atoms with Gasteiger partial charge in [-0.3, -0.25) is 9.36 Å². The number of para-hydroxylation sites is 1. The standard InChI is InChI=1S/C19H16F3NO2/c1-12(24)23-17-6-4-3-5-15(17)16(11-19(20,21)22)18(23)13-7-9-14(25-2)10-8-13/h3-10H,11H2,1-2H3. The van der Waals surface area contributed by atoms with E-state index in [2.05, 4.69) is 0 Å². The molecule has 0 fully saturated rings. The van der Waals surface area contributed by atoms with Crippen molar-refractivity contribution in [1.82, 2.24) is 4.57 Å². The predicted molar refractivity (Wildman–Crippen MR) is 90.0 cm³/mol. The second kappa shape index (κ2) is 6.27. The fraction of sp³-hybridized carbons (Fsp3) is 0.211. The molecule has 3 nitrogen and oxygen atoms in total. The van der Waals surface area contributed by atoms with Crippen molar-refractivity contribution in [3.8, 4) is 17.0 Å². The van der Waals surface area contributed by atoms with Gasteiger partial charge in [-0.15, -0.1) is 0 Å². The SMILES string of the molecule is COc1ccc(-c2c(CC(F)(F)F)c3ccccc3n2C(C)=O)cc1. The van der Waals surface area contributed by atoms with Crippen LogP contribution < -0.4 is 4.74 Å². The van der Waals surface area contributed by atoms with Crippen molar-refractivity contribution in [2.75, 3.05) is 7.11 Å². The number of aromatic nitrogens is 1. The van der Waals surface area contributed by atoms with Gasteiger partial charge in [0.25, 0.3) is 0 Å². The van der Waals surface area contributed by atoms with Gasteiger partial charge >= 0.3 is 6.18 Å². The van der Waals surface area contributed by atoms with Gasteiger partial charge in [0.2, 0.25) is 5.91 Å². The zero-order valence-corrected chi connectivity index (χ0v) is 13.7. The van der Waals surface area contributed by atoms with Crippen molar-refractivity contribution in [2.24, 2.45) is 0 Å². The first-order valence-corrected chi connectivity index (χ1v) is 7.66. The van der Waals surface area contributed by atoms with E-state index in [1.165, 1.54) is 18.6 Å². The van der Waals surface area contributed by atoms with Crippen molar-refractivity contribution < 1.29 is 22.7 Å². The van der Waals surface area contributed by atoms with Crippen molar-refractivity contribution >= 4 is 16.8 Å². The number of rotatable bonds is 3. The molecule has 0 bridgehead atoms. The summed E-state index contributed by atoms with van der Waals surface area (Å²) < 4.78 is 46.0. The first kappa shape index (κ1) is 17.1. The highest BCUT2D eigenvalue weighted by Gasteiger charge is 2.32. The molecule has 1 heterocycles. The van der Waals surface area contributed by atoms with E-state index in [4.69, 9.17) is 4.74 Å². The highest BCUT2D eigenvalue weighted by atomic mass is 19.4. The van der Waals surface area contributed by atoms with Crippen molar-refractivity contribution in [2.45, 2.75) is 19.5 Å². The molecule has 25 heavy (non-hydrogen) atoms. The minimum Gasteiger partial charge on any atom is -0.497 e. The molecule has 2 aromatic carbocycles. The van der Waals surface area contributed by atoms with Crippen LogP contribution in [0.25, 0.3) is 22.2 Å². The molecule has 0 amide bonds. The Kier molecular flexibility index (Phi) is 4.29. The normalized spacial score (nSPS) is 11.7. The lowest BCUT2D eigenvalue weighted by atomic mass is 10.0. The molecule has 0 radical (unpaired) electrons. The molecule has 6 heteroatoms. The van der Waals surface area contributed by atoms with Crippen LogP contribution in [-0.2, 0) is 6.42 Å². The highest BCUT2D eigenvalue weighted by molar-refractivity contribution is 6.00. The number of nitrogens with zero attached hydrogens (tertiary/aromatic N) is 1. The number of hydrogen-bond acceptors (Lipinski definition) is 2. The van der Waals surface area contributed by atoms with E-state index in [1.807, 2.05) is 0 Å². The minimum atomic E-state index is -4.38. The van der Waals surface area contributed by atoms with E-state index in [1.54, 1.807) is 48.5 Å². The van der Waals surface area contributed by atoms with Crippen molar-refractivity contribution in [3.63, 3.8) is 0 Å². The van der Waals surface area contributed by atoms with E-state index < -0.39 is 12.6 Å². The Hall–Kier alpha value is -2.76. The second-order valence-corrected chi connectivity index (χ2v) is 5.72. The van der Waals surface area contributed by atoms with Crippen LogP contribution in [0.2, 0.25) is 0 Å². The van der Waals surface area contributed by atoms with Crippen LogP contribution in [0, 0.1) is 0 Å². The number of hydrogen-bond donors (Lipinski definition) is 0. The summed E-state index contributed by atoms with van der Waals surface area (Å²) in [5.74, 6) is 0.252. The van der Waals surface area contributed by atoms with Crippen LogP contribution in [-0.4, -0.2) is 23.8 Å². The van der Waals surface area contributed by atoms with Crippen LogP contribution in [0.1, 0.15) is 17.3 Å². The fourth-order valence-corrected chi connectivity index (χ4v) is 3.07. The number of alkyl halides is 3. The van der Waals surface area contributed by atoms with Gasteiger partial charge in [-0.1, -0.05) is 18.2 Å². The van der Waals surface area contributed by atoms with Crippen LogP contribution in [0.15, 0.2) is 48.5 Å². The molecule has 0 aliphatic carbocycles. The summed E-state index contributed by atoms with van der Waals surface area (Å²) in [4.78, 5) is 12.2. The highest BCUT2D eigenvalue weighted by Crippen LogP contribution is 2.38. The van der Waals surface area contributed by atoms with E-state index in [9.17, 15) is 18.0 Å². The molecule has 0 atom stereocenters. The molecule has 0 unspecified atom stereocenters. The molecule has 1 aromatic heterocycles. The lowest BCUT2D eigenvalue weighted by Gasteiger charge is -2.12. The first-order chi connectivity index (χ1) is 11.8. The van der Waals surface area contributed by atoms with Crippen LogP contribution >= 0.6 is 0 Å². The van der Waals surface area contributed by atoms with Crippen molar-refractivity contribution in [1.29, 1.82) is 0 Å². The second-order valence-electron chi connectivity index (χ2n) is 5.72. The summed E-state index contributed by atoms with van der Waals surface area (Å²) in [5.41, 5.74) is 1.38. The van der Waals surface area contributed by atoms with E-state index in [0.717, 1.165) is 0 Å². The predicted octanol–water partition coefficient (Wildman–Crippen LogP) is 5.08. The Balaban J connectivity index is 2.35. The van der Waals surface area contributed by atoms with Gasteiger partial charge in [-0.05, 0) is 41.5 Å². The van der Waals surface area contributed by atoms with Gasteiger partial charge in [0.15, 0.2) is 0 Å². The third kappa shape index (κ3) is 3.24. The molecular formula is C19H16F3NO2. The Bertz CT molecular complexity index is 924. The summed E-state index contributed by atoms with van der Waals surface area (Å²) >= 11 is 0. The quantitative estimate of drug-likeness (QED) is 0.661. The van der Waals surface area contributed by atoms with Crippen LogP contribution in [0.3, 0.4) is 0 Å². The van der Waals surface area contributed by atoms with Gasteiger partial charge in [0.05, 0.1) is 24.7 Å². The average molecular weight is 347 g/mol. The number of carbonyl (C=O) groups is 1. The van der Waals surface area contributed by atoms with E-state index in [0.29, 0.717) is 22.2 Å². The van der Waals surface area contributed by atoms with Crippen molar-refractivity contribution in [3.05, 3.63) is 54.1 Å².